The van der Waals surface area contributed by atoms with E-state index in [9.17, 15) is 9.59 Å². The summed E-state index contributed by atoms with van der Waals surface area (Å²) in [4.78, 5) is 31.3. The van der Waals surface area contributed by atoms with Crippen molar-refractivity contribution in [3.8, 4) is 0 Å². The Morgan fingerprint density at radius 3 is 2.73 bits per heavy atom. The first-order valence-corrected chi connectivity index (χ1v) is 11.3. The van der Waals surface area contributed by atoms with Gasteiger partial charge in [0.1, 0.15) is 6.54 Å². The van der Waals surface area contributed by atoms with E-state index < -0.39 is 0 Å². The zero-order valence-electron chi connectivity index (χ0n) is 17.1. The molecule has 5 nitrogen and oxygen atoms in total. The van der Waals surface area contributed by atoms with E-state index in [2.05, 4.69) is 30.5 Å². The summed E-state index contributed by atoms with van der Waals surface area (Å²) in [6.07, 6.45) is 4.13. The molecule has 4 rings (SSSR count). The summed E-state index contributed by atoms with van der Waals surface area (Å²) in [5.74, 6) is 0.0142. The van der Waals surface area contributed by atoms with Gasteiger partial charge in [0, 0.05) is 18.0 Å². The van der Waals surface area contributed by atoms with E-state index in [4.69, 9.17) is 4.42 Å². The van der Waals surface area contributed by atoms with Crippen molar-refractivity contribution in [1.29, 1.82) is 0 Å². The molecule has 0 fully saturated rings. The van der Waals surface area contributed by atoms with Gasteiger partial charge in [-0.05, 0) is 47.5 Å². The molecule has 1 atom stereocenters. The van der Waals surface area contributed by atoms with Crippen molar-refractivity contribution in [2.75, 3.05) is 19.6 Å². The Kier molecular flexibility index (Phi) is 6.33. The number of carbonyl (C=O) groups is 2. The van der Waals surface area contributed by atoms with E-state index in [1.165, 1.54) is 16.7 Å². The lowest BCUT2D eigenvalue weighted by molar-refractivity contribution is -0.134. The Morgan fingerprint density at radius 2 is 2.00 bits per heavy atom. The third kappa shape index (κ3) is 4.19. The molecule has 0 spiro atoms. The van der Waals surface area contributed by atoms with E-state index in [-0.39, 0.29) is 30.2 Å². The van der Waals surface area contributed by atoms with Crippen LogP contribution in [0.25, 0.3) is 0 Å². The van der Waals surface area contributed by atoms with Crippen molar-refractivity contribution >= 4 is 23.2 Å². The van der Waals surface area contributed by atoms with Crippen molar-refractivity contribution in [3.05, 3.63) is 81.9 Å². The van der Waals surface area contributed by atoms with Crippen LogP contribution in [0, 0.1) is 0 Å². The molecule has 6 heteroatoms. The lowest BCUT2D eigenvalue weighted by atomic mass is 9.93. The number of nitrogens with zero attached hydrogens (tertiary/aromatic N) is 2. The molecule has 0 aliphatic carbocycles. The van der Waals surface area contributed by atoms with Crippen LogP contribution < -0.4 is 0 Å². The molecule has 0 saturated carbocycles. The second-order valence-corrected chi connectivity index (χ2v) is 8.51. The predicted molar refractivity (Wildman–Crippen MR) is 118 cm³/mol. The van der Waals surface area contributed by atoms with Gasteiger partial charge in [-0.15, -0.1) is 11.3 Å². The molecule has 0 radical (unpaired) electrons. The van der Waals surface area contributed by atoms with Gasteiger partial charge in [-0.25, -0.2) is 0 Å². The first kappa shape index (κ1) is 20.4. The van der Waals surface area contributed by atoms with Gasteiger partial charge in [0.2, 0.25) is 5.91 Å². The van der Waals surface area contributed by atoms with Gasteiger partial charge in [0.05, 0.1) is 12.3 Å². The molecule has 0 bridgehead atoms. The molecule has 1 aliphatic rings. The molecular weight excluding hydrogens is 396 g/mol. The Morgan fingerprint density at radius 1 is 1.17 bits per heavy atom. The van der Waals surface area contributed by atoms with Crippen LogP contribution >= 0.6 is 11.3 Å². The van der Waals surface area contributed by atoms with Crippen LogP contribution in [0.2, 0.25) is 0 Å². The summed E-state index contributed by atoms with van der Waals surface area (Å²) in [5, 5.41) is 2.10. The molecule has 1 unspecified atom stereocenters. The van der Waals surface area contributed by atoms with Crippen molar-refractivity contribution in [1.82, 2.24) is 9.80 Å². The number of benzene rings is 1. The van der Waals surface area contributed by atoms with E-state index in [0.717, 1.165) is 24.8 Å². The predicted octanol–water partition coefficient (Wildman–Crippen LogP) is 4.76. The number of fused-ring (bicyclic) bond motifs is 1. The number of thiophene rings is 1. The lowest BCUT2D eigenvalue weighted by Gasteiger charge is -2.37. The standard InChI is InChI=1S/C24H26N2O3S/c1-2-3-13-25(24(28)20-10-7-15-29-20)17-22(27)26-14-11-21-19(12-16-30-21)23(26)18-8-5-4-6-9-18/h4-10,12,15-16,23H,2-3,11,13-14,17H2,1H3. The quantitative estimate of drug-likeness (QED) is 0.552. The second kappa shape index (κ2) is 9.30. The highest BCUT2D eigenvalue weighted by atomic mass is 32.1. The Bertz CT molecular complexity index is 981. The highest BCUT2D eigenvalue weighted by Crippen LogP contribution is 2.37. The Hall–Kier alpha value is -2.86. The SMILES string of the molecule is CCCCN(CC(=O)N1CCc2sccc2C1c1ccccc1)C(=O)c1ccco1. The van der Waals surface area contributed by atoms with Crippen molar-refractivity contribution < 1.29 is 14.0 Å². The van der Waals surface area contributed by atoms with E-state index in [1.54, 1.807) is 28.4 Å². The monoisotopic (exact) mass is 422 g/mol. The van der Waals surface area contributed by atoms with Crippen LogP contribution in [0.3, 0.4) is 0 Å². The van der Waals surface area contributed by atoms with Crippen molar-refractivity contribution in [2.45, 2.75) is 32.2 Å². The first-order valence-electron chi connectivity index (χ1n) is 10.4. The highest BCUT2D eigenvalue weighted by molar-refractivity contribution is 7.10. The third-order valence-electron chi connectivity index (χ3n) is 5.53. The molecule has 1 aliphatic heterocycles. The zero-order chi connectivity index (χ0) is 20.9. The van der Waals surface area contributed by atoms with Gasteiger partial charge in [-0.1, -0.05) is 43.7 Å². The van der Waals surface area contributed by atoms with Crippen molar-refractivity contribution in [3.63, 3.8) is 0 Å². The molecule has 1 aromatic carbocycles. The fraction of sp³-hybridized carbons (Fsp3) is 0.333. The molecule has 0 saturated heterocycles. The number of carbonyl (C=O) groups excluding carboxylic acids is 2. The van der Waals surface area contributed by atoms with E-state index >= 15 is 0 Å². The number of unbranched alkanes of at least 4 members (excludes halogenated alkanes) is 1. The van der Waals surface area contributed by atoms with Gasteiger partial charge in [-0.3, -0.25) is 9.59 Å². The maximum absolute atomic E-state index is 13.5. The molecule has 156 valence electrons. The van der Waals surface area contributed by atoms with Gasteiger partial charge in [-0.2, -0.15) is 0 Å². The summed E-state index contributed by atoms with van der Waals surface area (Å²) in [7, 11) is 0. The Labute approximate surface area is 180 Å². The van der Waals surface area contributed by atoms with Gasteiger partial charge in [0.25, 0.3) is 5.91 Å². The van der Waals surface area contributed by atoms with Crippen LogP contribution in [-0.4, -0.2) is 41.2 Å². The minimum atomic E-state index is -0.230. The van der Waals surface area contributed by atoms with E-state index in [1.807, 2.05) is 23.1 Å². The largest absolute Gasteiger partial charge is 0.459 e. The number of furan rings is 1. The van der Waals surface area contributed by atoms with Gasteiger partial charge >= 0.3 is 0 Å². The minimum absolute atomic E-state index is 0.0308. The fourth-order valence-electron chi connectivity index (χ4n) is 3.99. The first-order chi connectivity index (χ1) is 14.7. The molecule has 0 N–H and O–H groups in total. The maximum Gasteiger partial charge on any atom is 0.290 e. The van der Waals surface area contributed by atoms with Gasteiger partial charge in [0.15, 0.2) is 5.76 Å². The molecule has 30 heavy (non-hydrogen) atoms. The molecule has 2 amide bonds. The lowest BCUT2D eigenvalue weighted by Crippen LogP contribution is -2.47. The van der Waals surface area contributed by atoms with Crippen LogP contribution in [0.5, 0.6) is 0 Å². The fourth-order valence-corrected chi connectivity index (χ4v) is 4.90. The normalized spacial score (nSPS) is 15.6. The number of hydrogen-bond donors (Lipinski definition) is 0. The summed E-state index contributed by atoms with van der Waals surface area (Å²) >= 11 is 1.75. The van der Waals surface area contributed by atoms with Gasteiger partial charge < -0.3 is 14.2 Å². The summed E-state index contributed by atoms with van der Waals surface area (Å²) in [6.45, 7) is 3.33. The summed E-state index contributed by atoms with van der Waals surface area (Å²) in [5.41, 5.74) is 2.30. The van der Waals surface area contributed by atoms with Crippen LogP contribution in [0.15, 0.2) is 64.6 Å². The highest BCUT2D eigenvalue weighted by Gasteiger charge is 2.34. The van der Waals surface area contributed by atoms with Crippen molar-refractivity contribution in [2.24, 2.45) is 0 Å². The van der Waals surface area contributed by atoms with E-state index in [0.29, 0.717) is 13.1 Å². The summed E-state index contributed by atoms with van der Waals surface area (Å²) < 4.78 is 5.30. The third-order valence-corrected chi connectivity index (χ3v) is 6.52. The number of rotatable bonds is 7. The second-order valence-electron chi connectivity index (χ2n) is 7.51. The average molecular weight is 423 g/mol. The topological polar surface area (TPSA) is 53.8 Å². The average Bonchev–Trinajstić information content (AvgIpc) is 3.48. The molecular formula is C24H26N2O3S. The maximum atomic E-state index is 13.5. The molecule has 3 aromatic rings. The van der Waals surface area contributed by atoms with Crippen LogP contribution in [0.4, 0.5) is 0 Å². The zero-order valence-corrected chi connectivity index (χ0v) is 17.9. The Balaban J connectivity index is 1.59. The molecule has 2 aromatic heterocycles. The summed E-state index contributed by atoms with van der Waals surface area (Å²) in [6, 6.07) is 15.5. The minimum Gasteiger partial charge on any atom is -0.459 e. The number of hydrogen-bond acceptors (Lipinski definition) is 4. The van der Waals surface area contributed by atoms with Crippen LogP contribution in [-0.2, 0) is 11.2 Å². The molecule has 3 heterocycles. The smallest absolute Gasteiger partial charge is 0.290 e. The van der Waals surface area contributed by atoms with Crippen LogP contribution in [0.1, 0.15) is 52.4 Å². The number of amides is 2.